The van der Waals surface area contributed by atoms with E-state index in [1.165, 1.54) is 0 Å². The molecule has 0 saturated carbocycles. The molecule has 2 aromatic carbocycles. The molecule has 110 valence electrons. The van der Waals surface area contributed by atoms with Crippen molar-refractivity contribution in [2.24, 2.45) is 0 Å². The molecule has 0 atom stereocenters. The SMILES string of the molecule is CCNCc1ccc(-c2ccc3c(c2)OCCO3)cc1Cl. The summed E-state index contributed by atoms with van der Waals surface area (Å²) in [5.74, 6) is 1.60. The van der Waals surface area contributed by atoms with Gasteiger partial charge < -0.3 is 14.8 Å². The average Bonchev–Trinajstić information content (AvgIpc) is 2.53. The van der Waals surface area contributed by atoms with E-state index >= 15 is 0 Å². The largest absolute Gasteiger partial charge is 0.486 e. The summed E-state index contributed by atoms with van der Waals surface area (Å²) in [6.07, 6.45) is 0. The predicted molar refractivity (Wildman–Crippen MR) is 85.3 cm³/mol. The van der Waals surface area contributed by atoms with Crippen molar-refractivity contribution in [3.63, 3.8) is 0 Å². The molecule has 0 aromatic heterocycles. The third kappa shape index (κ3) is 3.14. The molecular weight excluding hydrogens is 286 g/mol. The van der Waals surface area contributed by atoms with Crippen LogP contribution in [-0.2, 0) is 6.54 Å². The fourth-order valence-corrected chi connectivity index (χ4v) is 2.60. The predicted octanol–water partition coefficient (Wildman–Crippen LogP) is 3.89. The van der Waals surface area contributed by atoms with Gasteiger partial charge in [0.25, 0.3) is 0 Å². The molecule has 0 fully saturated rings. The maximum atomic E-state index is 6.36. The van der Waals surface area contributed by atoms with Crippen molar-refractivity contribution in [1.29, 1.82) is 0 Å². The van der Waals surface area contributed by atoms with Gasteiger partial charge in [-0.1, -0.05) is 36.7 Å². The maximum absolute atomic E-state index is 6.36. The summed E-state index contributed by atoms with van der Waals surface area (Å²) in [7, 11) is 0. The van der Waals surface area contributed by atoms with E-state index in [-0.39, 0.29) is 0 Å². The zero-order valence-electron chi connectivity index (χ0n) is 12.0. The van der Waals surface area contributed by atoms with Crippen molar-refractivity contribution in [3.05, 3.63) is 47.0 Å². The lowest BCUT2D eigenvalue weighted by Crippen LogP contribution is -2.15. The van der Waals surface area contributed by atoms with Crippen LogP contribution < -0.4 is 14.8 Å². The molecular formula is C17H18ClNO2. The topological polar surface area (TPSA) is 30.5 Å². The molecule has 1 N–H and O–H groups in total. The Morgan fingerprint density at radius 3 is 2.48 bits per heavy atom. The Hall–Kier alpha value is -1.71. The highest BCUT2D eigenvalue weighted by Crippen LogP contribution is 2.35. The monoisotopic (exact) mass is 303 g/mol. The molecule has 1 heterocycles. The Morgan fingerprint density at radius 2 is 1.71 bits per heavy atom. The Kier molecular flexibility index (Phi) is 4.32. The smallest absolute Gasteiger partial charge is 0.161 e. The molecule has 0 unspecified atom stereocenters. The second-order valence-corrected chi connectivity index (χ2v) is 5.35. The van der Waals surface area contributed by atoms with Gasteiger partial charge in [0.2, 0.25) is 0 Å². The van der Waals surface area contributed by atoms with Gasteiger partial charge in [-0.05, 0) is 41.4 Å². The van der Waals surface area contributed by atoms with E-state index in [0.29, 0.717) is 13.2 Å². The minimum atomic E-state index is 0.596. The zero-order chi connectivity index (χ0) is 14.7. The second kappa shape index (κ2) is 6.37. The van der Waals surface area contributed by atoms with E-state index in [4.69, 9.17) is 21.1 Å². The highest BCUT2D eigenvalue weighted by Gasteiger charge is 2.13. The molecule has 4 heteroatoms. The first-order valence-corrected chi connectivity index (χ1v) is 7.55. The van der Waals surface area contributed by atoms with Crippen LogP contribution in [0.4, 0.5) is 0 Å². The number of ether oxygens (including phenoxy) is 2. The normalized spacial score (nSPS) is 13.2. The minimum absolute atomic E-state index is 0.596. The fourth-order valence-electron chi connectivity index (χ4n) is 2.35. The van der Waals surface area contributed by atoms with Crippen LogP contribution in [0.2, 0.25) is 5.02 Å². The molecule has 0 bridgehead atoms. The molecule has 0 spiro atoms. The summed E-state index contributed by atoms with van der Waals surface area (Å²) < 4.78 is 11.2. The standard InChI is InChI=1S/C17H18ClNO2/c1-2-19-11-14-4-3-12(9-15(14)18)13-5-6-16-17(10-13)21-8-7-20-16/h3-6,9-10,19H,2,7-8,11H2,1H3. The molecule has 0 aliphatic carbocycles. The van der Waals surface area contributed by atoms with Crippen molar-refractivity contribution in [2.75, 3.05) is 19.8 Å². The van der Waals surface area contributed by atoms with Crippen LogP contribution in [0, 0.1) is 0 Å². The van der Waals surface area contributed by atoms with E-state index in [2.05, 4.69) is 24.4 Å². The molecule has 1 aliphatic rings. The minimum Gasteiger partial charge on any atom is -0.486 e. The summed E-state index contributed by atoms with van der Waals surface area (Å²) in [6.45, 7) is 5.00. The first kappa shape index (κ1) is 14.2. The Labute approximate surface area is 129 Å². The Bertz CT molecular complexity index is 643. The quantitative estimate of drug-likeness (QED) is 0.929. The first-order valence-electron chi connectivity index (χ1n) is 7.17. The average molecular weight is 304 g/mol. The van der Waals surface area contributed by atoms with E-state index in [1.54, 1.807) is 0 Å². The van der Waals surface area contributed by atoms with Gasteiger partial charge in [0.05, 0.1) is 0 Å². The van der Waals surface area contributed by atoms with Gasteiger partial charge >= 0.3 is 0 Å². The maximum Gasteiger partial charge on any atom is 0.161 e. The van der Waals surface area contributed by atoms with Crippen molar-refractivity contribution < 1.29 is 9.47 Å². The summed E-state index contributed by atoms with van der Waals surface area (Å²) in [5, 5.41) is 4.07. The van der Waals surface area contributed by atoms with Gasteiger partial charge in [-0.25, -0.2) is 0 Å². The number of halogens is 1. The molecule has 2 aromatic rings. The van der Waals surface area contributed by atoms with Crippen LogP contribution in [0.15, 0.2) is 36.4 Å². The Balaban J connectivity index is 1.88. The van der Waals surface area contributed by atoms with Gasteiger partial charge in [0.1, 0.15) is 13.2 Å². The second-order valence-electron chi connectivity index (χ2n) is 4.94. The van der Waals surface area contributed by atoms with Crippen LogP contribution >= 0.6 is 11.6 Å². The van der Waals surface area contributed by atoms with Crippen LogP contribution in [0.5, 0.6) is 11.5 Å². The van der Waals surface area contributed by atoms with E-state index in [9.17, 15) is 0 Å². The van der Waals surface area contributed by atoms with Crippen molar-refractivity contribution in [1.82, 2.24) is 5.32 Å². The number of fused-ring (bicyclic) bond motifs is 1. The van der Waals surface area contributed by atoms with Crippen molar-refractivity contribution >= 4 is 11.6 Å². The molecule has 0 radical (unpaired) electrons. The molecule has 21 heavy (non-hydrogen) atoms. The van der Waals surface area contributed by atoms with Gasteiger partial charge in [0.15, 0.2) is 11.5 Å². The van der Waals surface area contributed by atoms with Gasteiger partial charge in [-0.2, -0.15) is 0 Å². The zero-order valence-corrected chi connectivity index (χ0v) is 12.7. The van der Waals surface area contributed by atoms with Crippen molar-refractivity contribution in [3.8, 4) is 22.6 Å². The highest BCUT2D eigenvalue weighted by atomic mass is 35.5. The summed E-state index contributed by atoms with van der Waals surface area (Å²) in [5.41, 5.74) is 3.27. The van der Waals surface area contributed by atoms with Crippen LogP contribution in [0.1, 0.15) is 12.5 Å². The Morgan fingerprint density at radius 1 is 1.00 bits per heavy atom. The van der Waals surface area contributed by atoms with Gasteiger partial charge in [-0.15, -0.1) is 0 Å². The lowest BCUT2D eigenvalue weighted by atomic mass is 10.0. The van der Waals surface area contributed by atoms with E-state index in [0.717, 1.165) is 46.3 Å². The number of hydrogen-bond acceptors (Lipinski definition) is 3. The number of nitrogens with one attached hydrogen (secondary N) is 1. The third-order valence-corrected chi connectivity index (χ3v) is 3.85. The molecule has 3 nitrogen and oxygen atoms in total. The fraction of sp³-hybridized carbons (Fsp3) is 0.294. The van der Waals surface area contributed by atoms with Crippen LogP contribution in [0.25, 0.3) is 11.1 Å². The van der Waals surface area contributed by atoms with E-state index < -0.39 is 0 Å². The molecule has 0 amide bonds. The highest BCUT2D eigenvalue weighted by molar-refractivity contribution is 6.31. The van der Waals surface area contributed by atoms with Gasteiger partial charge in [0, 0.05) is 11.6 Å². The third-order valence-electron chi connectivity index (χ3n) is 3.49. The van der Waals surface area contributed by atoms with Crippen LogP contribution in [-0.4, -0.2) is 19.8 Å². The van der Waals surface area contributed by atoms with Crippen molar-refractivity contribution in [2.45, 2.75) is 13.5 Å². The summed E-state index contributed by atoms with van der Waals surface area (Å²) >= 11 is 6.36. The number of rotatable bonds is 4. The first-order chi connectivity index (χ1) is 10.3. The van der Waals surface area contributed by atoms with Crippen LogP contribution in [0.3, 0.4) is 0 Å². The lowest BCUT2D eigenvalue weighted by Gasteiger charge is -2.19. The molecule has 0 saturated heterocycles. The van der Waals surface area contributed by atoms with E-state index in [1.807, 2.05) is 24.3 Å². The summed E-state index contributed by atoms with van der Waals surface area (Å²) in [4.78, 5) is 0. The lowest BCUT2D eigenvalue weighted by molar-refractivity contribution is 0.171. The van der Waals surface area contributed by atoms with Gasteiger partial charge in [-0.3, -0.25) is 0 Å². The molecule has 3 rings (SSSR count). The molecule has 1 aliphatic heterocycles. The number of hydrogen-bond donors (Lipinski definition) is 1. The number of benzene rings is 2. The summed E-state index contributed by atoms with van der Waals surface area (Å²) in [6, 6.07) is 12.1.